The Balaban J connectivity index is 2.92. The smallest absolute Gasteiger partial charge is 0.238 e. The number of nitrogens with two attached hydrogens (primary N) is 1. The summed E-state index contributed by atoms with van der Waals surface area (Å²) in [6.07, 6.45) is 1.38. The van der Waals surface area contributed by atoms with Gasteiger partial charge in [-0.15, -0.1) is 9.89 Å². The van der Waals surface area contributed by atoms with E-state index < -0.39 is 0 Å². The van der Waals surface area contributed by atoms with Crippen LogP contribution in [0.3, 0.4) is 0 Å². The number of nitrogens with one attached hydrogen (secondary N) is 1. The monoisotopic (exact) mass is 113 g/mol. The zero-order chi connectivity index (χ0) is 5.98. The van der Waals surface area contributed by atoms with Gasteiger partial charge in [0.15, 0.2) is 0 Å². The van der Waals surface area contributed by atoms with Crippen molar-refractivity contribution in [1.29, 1.82) is 0 Å². The maximum atomic E-state index is 5.28. The minimum Gasteiger partial charge on any atom is -0.367 e. The molecule has 5 nitrogen and oxygen atoms in total. The van der Waals surface area contributed by atoms with Gasteiger partial charge in [-0.3, -0.25) is 0 Å². The lowest BCUT2D eigenvalue weighted by molar-refractivity contribution is 0.792. The van der Waals surface area contributed by atoms with Crippen LogP contribution in [0, 0.1) is 0 Å². The summed E-state index contributed by atoms with van der Waals surface area (Å²) in [6, 6.07) is 0. The average molecular weight is 113 g/mol. The van der Waals surface area contributed by atoms with E-state index in [1.165, 1.54) is 11.1 Å². The molecule has 0 radical (unpaired) electrons. The molecular weight excluding hydrogens is 106 g/mol. The molecule has 0 aliphatic heterocycles. The Labute approximate surface area is 46.5 Å². The Bertz CT molecular complexity index is 168. The predicted octanol–water partition coefficient (Wildman–Crippen LogP) is -0.966. The predicted molar refractivity (Wildman–Crippen MR) is 29.7 cm³/mol. The highest BCUT2D eigenvalue weighted by Gasteiger charge is 1.90. The van der Waals surface area contributed by atoms with Gasteiger partial charge in [-0.25, -0.2) is 0 Å². The molecule has 0 saturated heterocycles. The molecule has 1 rings (SSSR count). The molecule has 0 unspecified atom stereocenters. The molecule has 1 aromatic rings. The highest BCUT2D eigenvalue weighted by atomic mass is 15.6. The summed E-state index contributed by atoms with van der Waals surface area (Å²) >= 11 is 0. The lowest BCUT2D eigenvalue weighted by atomic mass is 11.1. The van der Waals surface area contributed by atoms with Crippen LogP contribution in [0.4, 0.5) is 5.95 Å². The van der Waals surface area contributed by atoms with Crippen molar-refractivity contribution in [3.8, 4) is 0 Å². The highest BCUT2D eigenvalue weighted by molar-refractivity contribution is 5.13. The molecule has 1 aromatic heterocycles. The van der Waals surface area contributed by atoms with Crippen LogP contribution < -0.4 is 11.2 Å². The molecule has 0 aliphatic carbocycles. The van der Waals surface area contributed by atoms with Gasteiger partial charge < -0.3 is 11.2 Å². The first kappa shape index (κ1) is 4.89. The molecule has 0 aromatic carbocycles. The van der Waals surface area contributed by atoms with Gasteiger partial charge in [0.1, 0.15) is 6.33 Å². The fraction of sp³-hybridized carbons (Fsp3) is 0.333. The molecule has 3 N–H and O–H groups in total. The molecule has 0 bridgehead atoms. The third-order valence-electron chi connectivity index (χ3n) is 0.786. The van der Waals surface area contributed by atoms with E-state index in [4.69, 9.17) is 5.73 Å². The van der Waals surface area contributed by atoms with E-state index in [1.54, 1.807) is 7.05 Å². The quantitative estimate of drug-likeness (QED) is 0.492. The fourth-order valence-corrected chi connectivity index (χ4v) is 0.423. The second kappa shape index (κ2) is 1.69. The van der Waals surface area contributed by atoms with Crippen LogP contribution in [-0.4, -0.2) is 21.9 Å². The van der Waals surface area contributed by atoms with Crippen molar-refractivity contribution in [3.05, 3.63) is 6.33 Å². The van der Waals surface area contributed by atoms with Crippen molar-refractivity contribution in [2.45, 2.75) is 0 Å². The van der Waals surface area contributed by atoms with E-state index in [-0.39, 0.29) is 0 Å². The molecule has 0 fully saturated rings. The van der Waals surface area contributed by atoms with Crippen LogP contribution in [0.2, 0.25) is 0 Å². The summed E-state index contributed by atoms with van der Waals surface area (Å²) in [4.78, 5) is 5.03. The first-order valence-corrected chi connectivity index (χ1v) is 2.18. The van der Waals surface area contributed by atoms with Crippen LogP contribution >= 0.6 is 0 Å². The molecule has 0 spiro atoms. The Morgan fingerprint density at radius 3 is 2.88 bits per heavy atom. The van der Waals surface area contributed by atoms with Gasteiger partial charge in [0.25, 0.3) is 0 Å². The molecular formula is C3H7N5. The molecule has 0 saturated carbocycles. The number of anilines is 1. The third-order valence-corrected chi connectivity index (χ3v) is 0.786. The minimum absolute atomic E-state index is 0.368. The summed E-state index contributed by atoms with van der Waals surface area (Å²) in [6.45, 7) is 0. The van der Waals surface area contributed by atoms with Gasteiger partial charge in [-0.05, 0) is 0 Å². The molecule has 0 atom stereocenters. The number of nitrogen functional groups attached to an aromatic ring is 1. The van der Waals surface area contributed by atoms with E-state index in [9.17, 15) is 0 Å². The van der Waals surface area contributed by atoms with Gasteiger partial charge in [-0.2, -0.15) is 4.98 Å². The molecule has 0 amide bonds. The van der Waals surface area contributed by atoms with Crippen molar-refractivity contribution in [2.24, 2.45) is 0 Å². The third kappa shape index (κ3) is 0.575. The summed E-state index contributed by atoms with van der Waals surface area (Å²) in [5.41, 5.74) is 7.97. The second-order valence-electron chi connectivity index (χ2n) is 1.25. The summed E-state index contributed by atoms with van der Waals surface area (Å²) in [7, 11) is 1.71. The average Bonchev–Trinajstić information content (AvgIpc) is 2.14. The van der Waals surface area contributed by atoms with Gasteiger partial charge >= 0.3 is 0 Å². The number of rotatable bonds is 1. The Kier molecular flexibility index (Phi) is 1.03. The zero-order valence-electron chi connectivity index (χ0n) is 4.50. The number of aromatic nitrogens is 3. The van der Waals surface area contributed by atoms with Crippen molar-refractivity contribution in [2.75, 3.05) is 18.2 Å². The Hall–Kier alpha value is -1.26. The van der Waals surface area contributed by atoms with Crippen LogP contribution in [0.1, 0.15) is 0 Å². The fourth-order valence-electron chi connectivity index (χ4n) is 0.423. The van der Waals surface area contributed by atoms with Crippen molar-refractivity contribution >= 4 is 5.95 Å². The summed E-state index contributed by atoms with van der Waals surface area (Å²) < 4.78 is 0. The van der Waals surface area contributed by atoms with Gasteiger partial charge in [-0.1, -0.05) is 0 Å². The number of nitrogens with zero attached hydrogens (tertiary/aromatic N) is 3. The van der Waals surface area contributed by atoms with Crippen molar-refractivity contribution in [1.82, 2.24) is 14.9 Å². The summed E-state index contributed by atoms with van der Waals surface area (Å²) in [5.74, 6) is 0.368. The molecule has 1 heterocycles. The Morgan fingerprint density at radius 1 is 1.88 bits per heavy atom. The van der Waals surface area contributed by atoms with Gasteiger partial charge in [0, 0.05) is 7.05 Å². The van der Waals surface area contributed by atoms with Gasteiger partial charge in [0.2, 0.25) is 5.95 Å². The standard InChI is InChI=1S/C3H7N5/c1-5-8-3(4)6-2-7-8/h2,5H,1H3,(H2,4,6,7). The van der Waals surface area contributed by atoms with E-state index in [2.05, 4.69) is 15.5 Å². The zero-order valence-corrected chi connectivity index (χ0v) is 4.50. The maximum Gasteiger partial charge on any atom is 0.238 e. The SMILES string of the molecule is CNn1ncnc1N. The van der Waals surface area contributed by atoms with Crippen LogP contribution in [0.25, 0.3) is 0 Å². The lowest BCUT2D eigenvalue weighted by Crippen LogP contribution is -2.13. The number of hydrogen-bond donors (Lipinski definition) is 2. The largest absolute Gasteiger partial charge is 0.367 e. The maximum absolute atomic E-state index is 5.28. The van der Waals surface area contributed by atoms with E-state index >= 15 is 0 Å². The van der Waals surface area contributed by atoms with E-state index in [0.29, 0.717) is 5.95 Å². The topological polar surface area (TPSA) is 68.8 Å². The molecule has 44 valence electrons. The molecule has 5 heteroatoms. The van der Waals surface area contributed by atoms with Gasteiger partial charge in [0.05, 0.1) is 0 Å². The van der Waals surface area contributed by atoms with E-state index in [1.807, 2.05) is 0 Å². The molecule has 0 aliphatic rings. The summed E-state index contributed by atoms with van der Waals surface area (Å²) in [5, 5.41) is 3.70. The van der Waals surface area contributed by atoms with Crippen LogP contribution in [0.5, 0.6) is 0 Å². The van der Waals surface area contributed by atoms with E-state index in [0.717, 1.165) is 0 Å². The Morgan fingerprint density at radius 2 is 2.62 bits per heavy atom. The lowest BCUT2D eigenvalue weighted by Gasteiger charge is -1.95. The van der Waals surface area contributed by atoms with Crippen molar-refractivity contribution < 1.29 is 0 Å². The minimum atomic E-state index is 0.368. The van der Waals surface area contributed by atoms with Crippen molar-refractivity contribution in [3.63, 3.8) is 0 Å². The highest BCUT2D eigenvalue weighted by Crippen LogP contribution is 1.86. The number of hydrogen-bond acceptors (Lipinski definition) is 4. The first-order valence-electron chi connectivity index (χ1n) is 2.18. The molecule has 8 heavy (non-hydrogen) atoms. The normalized spacial score (nSPS) is 9.12. The van der Waals surface area contributed by atoms with Crippen LogP contribution in [-0.2, 0) is 0 Å². The first-order chi connectivity index (χ1) is 3.84. The second-order valence-corrected chi connectivity index (χ2v) is 1.25. The van der Waals surface area contributed by atoms with Crippen LogP contribution in [0.15, 0.2) is 6.33 Å².